The highest BCUT2D eigenvalue weighted by molar-refractivity contribution is 5.68. The Hall–Kier alpha value is -1.68. The van der Waals surface area contributed by atoms with Gasteiger partial charge in [0.05, 0.1) is 12.5 Å². The van der Waals surface area contributed by atoms with Crippen LogP contribution in [0.1, 0.15) is 12.0 Å². The van der Waals surface area contributed by atoms with Gasteiger partial charge in [-0.15, -0.1) is 0 Å². The molecule has 0 amide bonds. The lowest BCUT2D eigenvalue weighted by Crippen LogP contribution is -2.23. The highest BCUT2D eigenvalue weighted by Crippen LogP contribution is 2.10. The van der Waals surface area contributed by atoms with E-state index < -0.39 is 17.8 Å². The number of carbonyl (C=O) groups is 1. The minimum absolute atomic E-state index is 0.339. The quantitative estimate of drug-likeness (QED) is 0.801. The number of rotatable bonds is 5. The molecule has 0 bridgehead atoms. The van der Waals surface area contributed by atoms with Gasteiger partial charge in [0, 0.05) is 0 Å². The zero-order chi connectivity index (χ0) is 12.0. The fraction of sp³-hybridized carbons (Fsp3) is 0.250. The van der Waals surface area contributed by atoms with E-state index in [0.717, 1.165) is 11.6 Å². The van der Waals surface area contributed by atoms with Crippen LogP contribution in [-0.2, 0) is 11.2 Å². The summed E-state index contributed by atoms with van der Waals surface area (Å²) in [6.07, 6.45) is 1.03. The number of hydrogen-bond acceptors (Lipinski definition) is 2. The predicted octanol–water partition coefficient (Wildman–Crippen LogP) is 1.88. The van der Waals surface area contributed by atoms with Crippen molar-refractivity contribution in [3.8, 4) is 0 Å². The maximum Gasteiger partial charge on any atom is 0.307 e. The lowest BCUT2D eigenvalue weighted by atomic mass is 10.1. The first kappa shape index (κ1) is 12.4. The molecule has 1 aromatic carbocycles. The topological polar surface area (TPSA) is 63.3 Å². The normalized spacial score (nSPS) is 13.5. The van der Waals surface area contributed by atoms with Gasteiger partial charge in [-0.3, -0.25) is 4.79 Å². The summed E-state index contributed by atoms with van der Waals surface area (Å²) in [4.78, 5) is 10.2. The Bertz CT molecular complexity index is 376. The van der Waals surface area contributed by atoms with Crippen molar-refractivity contribution < 1.29 is 14.3 Å². The molecule has 4 heteroatoms. The lowest BCUT2D eigenvalue weighted by molar-refractivity contribution is -0.136. The van der Waals surface area contributed by atoms with Gasteiger partial charge in [-0.1, -0.05) is 30.3 Å². The molecule has 0 heterocycles. The fourth-order valence-corrected chi connectivity index (χ4v) is 1.30. The summed E-state index contributed by atoms with van der Waals surface area (Å²) in [5.74, 6) is -1.65. The molecule has 16 heavy (non-hydrogen) atoms. The predicted molar refractivity (Wildman–Crippen MR) is 59.6 cm³/mol. The van der Waals surface area contributed by atoms with Crippen molar-refractivity contribution in [1.29, 1.82) is 0 Å². The van der Waals surface area contributed by atoms with Crippen LogP contribution in [0.2, 0.25) is 0 Å². The fourth-order valence-electron chi connectivity index (χ4n) is 1.30. The maximum absolute atomic E-state index is 13.3. The van der Waals surface area contributed by atoms with E-state index in [-0.39, 0.29) is 6.42 Å². The van der Waals surface area contributed by atoms with E-state index in [1.807, 2.05) is 30.3 Å². The van der Waals surface area contributed by atoms with Gasteiger partial charge in [-0.25, -0.2) is 4.39 Å². The standard InChI is InChI=1S/C12H14FNO2/c13-10(6-7-12(15)16)11(14)8-9-4-2-1-3-5-9/h1-6,11H,7-8,14H2,(H,15,16)/b10-6+/t11-/m0/s1. The smallest absolute Gasteiger partial charge is 0.307 e. The second kappa shape index (κ2) is 6.02. The number of hydrogen-bond donors (Lipinski definition) is 2. The summed E-state index contributed by atoms with van der Waals surface area (Å²) in [6, 6.07) is 8.49. The van der Waals surface area contributed by atoms with E-state index in [0.29, 0.717) is 6.42 Å². The first-order chi connectivity index (χ1) is 7.59. The van der Waals surface area contributed by atoms with Crippen molar-refractivity contribution in [2.75, 3.05) is 0 Å². The maximum atomic E-state index is 13.3. The summed E-state index contributed by atoms with van der Waals surface area (Å²) >= 11 is 0. The van der Waals surface area contributed by atoms with Gasteiger partial charge in [0.25, 0.3) is 0 Å². The molecule has 0 aliphatic heterocycles. The minimum atomic E-state index is -1.07. The van der Waals surface area contributed by atoms with Crippen molar-refractivity contribution in [1.82, 2.24) is 0 Å². The van der Waals surface area contributed by atoms with Crippen molar-refractivity contribution in [3.63, 3.8) is 0 Å². The second-order valence-electron chi connectivity index (χ2n) is 3.48. The van der Waals surface area contributed by atoms with E-state index in [1.165, 1.54) is 0 Å². The Labute approximate surface area is 93.4 Å². The molecule has 0 aliphatic carbocycles. The molecule has 0 spiro atoms. The first-order valence-corrected chi connectivity index (χ1v) is 4.96. The van der Waals surface area contributed by atoms with Gasteiger partial charge in [0.2, 0.25) is 0 Å². The monoisotopic (exact) mass is 223 g/mol. The molecule has 1 aromatic rings. The lowest BCUT2D eigenvalue weighted by Gasteiger charge is -2.09. The van der Waals surface area contributed by atoms with Crippen LogP contribution in [0.5, 0.6) is 0 Å². The molecule has 3 nitrogen and oxygen atoms in total. The number of benzene rings is 1. The third-order valence-corrected chi connectivity index (χ3v) is 2.12. The van der Waals surface area contributed by atoms with Crippen LogP contribution in [0.3, 0.4) is 0 Å². The Kier molecular flexibility index (Phi) is 4.66. The molecule has 0 saturated heterocycles. The van der Waals surface area contributed by atoms with Crippen molar-refractivity contribution in [2.45, 2.75) is 18.9 Å². The van der Waals surface area contributed by atoms with Gasteiger partial charge in [0.1, 0.15) is 5.83 Å². The first-order valence-electron chi connectivity index (χ1n) is 4.96. The second-order valence-corrected chi connectivity index (χ2v) is 3.48. The molecule has 0 fully saturated rings. The van der Waals surface area contributed by atoms with Crippen molar-refractivity contribution in [2.24, 2.45) is 5.73 Å². The van der Waals surface area contributed by atoms with Crippen LogP contribution < -0.4 is 5.73 Å². The zero-order valence-corrected chi connectivity index (χ0v) is 8.77. The van der Waals surface area contributed by atoms with Crippen LogP contribution in [0.25, 0.3) is 0 Å². The summed E-state index contributed by atoms with van der Waals surface area (Å²) < 4.78 is 13.3. The van der Waals surface area contributed by atoms with Gasteiger partial charge in [-0.2, -0.15) is 0 Å². The van der Waals surface area contributed by atoms with Crippen LogP contribution in [0, 0.1) is 0 Å². The third kappa shape index (κ3) is 4.23. The van der Waals surface area contributed by atoms with Crippen LogP contribution in [-0.4, -0.2) is 17.1 Å². The average molecular weight is 223 g/mol. The van der Waals surface area contributed by atoms with Crippen LogP contribution >= 0.6 is 0 Å². The van der Waals surface area contributed by atoms with Crippen LogP contribution in [0.4, 0.5) is 4.39 Å². The van der Waals surface area contributed by atoms with E-state index in [4.69, 9.17) is 10.8 Å². The highest BCUT2D eigenvalue weighted by Gasteiger charge is 2.09. The molecular weight excluding hydrogens is 209 g/mol. The Balaban J connectivity index is 2.55. The Morgan fingerprint density at radius 3 is 2.62 bits per heavy atom. The third-order valence-electron chi connectivity index (χ3n) is 2.12. The Morgan fingerprint density at radius 1 is 1.44 bits per heavy atom. The molecule has 3 N–H and O–H groups in total. The molecule has 0 saturated carbocycles. The highest BCUT2D eigenvalue weighted by atomic mass is 19.1. The zero-order valence-electron chi connectivity index (χ0n) is 8.77. The van der Waals surface area contributed by atoms with Gasteiger partial charge >= 0.3 is 5.97 Å². The summed E-state index contributed by atoms with van der Waals surface area (Å²) in [5, 5.41) is 8.38. The number of carboxylic acids is 1. The number of aliphatic carboxylic acids is 1. The molecule has 0 radical (unpaired) electrons. The summed E-state index contributed by atoms with van der Waals surface area (Å²) in [7, 11) is 0. The molecule has 0 unspecified atom stereocenters. The number of nitrogens with two attached hydrogens (primary N) is 1. The molecule has 86 valence electrons. The molecule has 0 aromatic heterocycles. The van der Waals surface area contributed by atoms with E-state index in [9.17, 15) is 9.18 Å². The largest absolute Gasteiger partial charge is 0.481 e. The molecule has 1 rings (SSSR count). The molecule has 0 aliphatic rings. The summed E-state index contributed by atoms with van der Waals surface area (Å²) in [6.45, 7) is 0. The van der Waals surface area contributed by atoms with Crippen molar-refractivity contribution >= 4 is 5.97 Å². The number of halogens is 1. The van der Waals surface area contributed by atoms with Gasteiger partial charge in [0.15, 0.2) is 0 Å². The van der Waals surface area contributed by atoms with E-state index in [1.54, 1.807) is 0 Å². The number of carboxylic acid groups (broad SMARTS) is 1. The average Bonchev–Trinajstić information content (AvgIpc) is 2.27. The van der Waals surface area contributed by atoms with E-state index in [2.05, 4.69) is 0 Å². The SMILES string of the molecule is N[C@@H](Cc1ccccc1)/C(F)=C\CC(=O)O. The van der Waals surface area contributed by atoms with Gasteiger partial charge < -0.3 is 10.8 Å². The summed E-state index contributed by atoms with van der Waals surface area (Å²) in [5.41, 5.74) is 6.52. The van der Waals surface area contributed by atoms with Gasteiger partial charge in [-0.05, 0) is 18.1 Å². The molecule has 1 atom stereocenters. The molecular formula is C12H14FNO2. The van der Waals surface area contributed by atoms with Crippen molar-refractivity contribution in [3.05, 3.63) is 47.8 Å². The minimum Gasteiger partial charge on any atom is -0.481 e. The van der Waals surface area contributed by atoms with Crippen LogP contribution in [0.15, 0.2) is 42.2 Å². The Morgan fingerprint density at radius 2 is 2.06 bits per heavy atom. The van der Waals surface area contributed by atoms with E-state index >= 15 is 0 Å².